The van der Waals surface area contributed by atoms with E-state index in [1.165, 1.54) is 17.0 Å². The van der Waals surface area contributed by atoms with Gasteiger partial charge in [-0.05, 0) is 30.5 Å². The smallest absolute Gasteiger partial charge is 0.311 e. The molecule has 2 unspecified atom stereocenters. The van der Waals surface area contributed by atoms with Crippen molar-refractivity contribution in [2.75, 3.05) is 13.6 Å². The van der Waals surface area contributed by atoms with E-state index >= 15 is 0 Å². The fraction of sp³-hybridized carbons (Fsp3) is 0.526. The van der Waals surface area contributed by atoms with E-state index in [1.54, 1.807) is 33.0 Å². The van der Waals surface area contributed by atoms with Crippen molar-refractivity contribution in [2.24, 2.45) is 11.3 Å². The van der Waals surface area contributed by atoms with Crippen LogP contribution in [0, 0.1) is 17.2 Å². The van der Waals surface area contributed by atoms with Gasteiger partial charge >= 0.3 is 5.97 Å². The van der Waals surface area contributed by atoms with Crippen molar-refractivity contribution in [3.05, 3.63) is 35.6 Å². The number of carboxylic acids is 1. The highest BCUT2D eigenvalue weighted by Crippen LogP contribution is 2.37. The third-order valence-electron chi connectivity index (χ3n) is 5.54. The number of carbonyl (C=O) groups is 3. The largest absolute Gasteiger partial charge is 0.481 e. The number of benzene rings is 1. The standard InChI is InChI=1S/C19H25FN2O4/c1-4-19(5-2,18(25)26)11-21-17(24)14-10-15(23)22(3)16(14)12-6-8-13(20)9-7-12/h6-9,14,16H,4-5,10-11H2,1-3H3,(H,21,24)(H,25,26). The molecule has 0 spiro atoms. The number of carbonyl (C=O) groups excluding carboxylic acids is 2. The third kappa shape index (κ3) is 3.71. The highest BCUT2D eigenvalue weighted by Gasteiger charge is 2.43. The molecule has 1 aliphatic rings. The number of likely N-dealkylation sites (tertiary alicyclic amines) is 1. The van der Waals surface area contributed by atoms with Gasteiger partial charge in [0.15, 0.2) is 0 Å². The van der Waals surface area contributed by atoms with Gasteiger partial charge < -0.3 is 15.3 Å². The zero-order valence-electron chi connectivity index (χ0n) is 15.3. The van der Waals surface area contributed by atoms with Crippen molar-refractivity contribution in [2.45, 2.75) is 39.2 Å². The van der Waals surface area contributed by atoms with Crippen molar-refractivity contribution in [1.29, 1.82) is 0 Å². The minimum atomic E-state index is -1.02. The van der Waals surface area contributed by atoms with E-state index < -0.39 is 23.3 Å². The molecule has 6 nitrogen and oxygen atoms in total. The molecule has 1 aromatic rings. The summed E-state index contributed by atoms with van der Waals surface area (Å²) in [7, 11) is 1.61. The molecule has 1 aliphatic heterocycles. The number of hydrogen-bond acceptors (Lipinski definition) is 3. The molecule has 1 aromatic carbocycles. The molecule has 2 rings (SSSR count). The van der Waals surface area contributed by atoms with Crippen LogP contribution in [0.5, 0.6) is 0 Å². The van der Waals surface area contributed by atoms with E-state index in [-0.39, 0.29) is 30.6 Å². The maximum Gasteiger partial charge on any atom is 0.311 e. The maximum absolute atomic E-state index is 13.2. The molecule has 26 heavy (non-hydrogen) atoms. The predicted molar refractivity (Wildman–Crippen MR) is 93.7 cm³/mol. The first kappa shape index (κ1) is 19.9. The van der Waals surface area contributed by atoms with Gasteiger partial charge in [0.1, 0.15) is 5.82 Å². The summed E-state index contributed by atoms with van der Waals surface area (Å²) in [5, 5.41) is 12.2. The van der Waals surface area contributed by atoms with E-state index in [2.05, 4.69) is 5.32 Å². The van der Waals surface area contributed by atoms with E-state index in [0.717, 1.165) is 0 Å². The van der Waals surface area contributed by atoms with Gasteiger partial charge in [-0.2, -0.15) is 0 Å². The van der Waals surface area contributed by atoms with Crippen LogP contribution >= 0.6 is 0 Å². The van der Waals surface area contributed by atoms with Crippen LogP contribution in [0.1, 0.15) is 44.7 Å². The number of amides is 2. The summed E-state index contributed by atoms with van der Waals surface area (Å²) in [5.41, 5.74) is -0.342. The molecular formula is C19H25FN2O4. The molecular weight excluding hydrogens is 339 g/mol. The maximum atomic E-state index is 13.2. The van der Waals surface area contributed by atoms with Crippen LogP contribution in [0.2, 0.25) is 0 Å². The first-order valence-electron chi connectivity index (χ1n) is 8.78. The average Bonchev–Trinajstić information content (AvgIpc) is 2.92. The van der Waals surface area contributed by atoms with E-state index in [9.17, 15) is 23.9 Å². The molecule has 1 saturated heterocycles. The van der Waals surface area contributed by atoms with Crippen molar-refractivity contribution in [3.63, 3.8) is 0 Å². The Labute approximate surface area is 152 Å². The molecule has 1 fully saturated rings. The molecule has 142 valence electrons. The lowest BCUT2D eigenvalue weighted by Gasteiger charge is -2.29. The van der Waals surface area contributed by atoms with Crippen molar-refractivity contribution < 1.29 is 23.9 Å². The minimum Gasteiger partial charge on any atom is -0.481 e. The number of halogens is 1. The Morgan fingerprint density at radius 3 is 2.35 bits per heavy atom. The summed E-state index contributed by atoms with van der Waals surface area (Å²) >= 11 is 0. The van der Waals surface area contributed by atoms with Gasteiger partial charge in [-0.3, -0.25) is 14.4 Å². The van der Waals surface area contributed by atoms with Gasteiger partial charge in [0.2, 0.25) is 11.8 Å². The highest BCUT2D eigenvalue weighted by molar-refractivity contribution is 5.90. The van der Waals surface area contributed by atoms with Crippen LogP contribution in [0.3, 0.4) is 0 Å². The zero-order chi connectivity index (χ0) is 19.5. The van der Waals surface area contributed by atoms with Crippen LogP contribution < -0.4 is 5.32 Å². The second kappa shape index (κ2) is 7.85. The number of rotatable bonds is 7. The summed E-state index contributed by atoms with van der Waals surface area (Å²) in [6, 6.07) is 5.23. The summed E-state index contributed by atoms with van der Waals surface area (Å²) in [4.78, 5) is 37.9. The SMILES string of the molecule is CCC(CC)(CNC(=O)C1CC(=O)N(C)C1c1ccc(F)cc1)C(=O)O. The second-order valence-corrected chi connectivity index (χ2v) is 6.82. The fourth-order valence-corrected chi connectivity index (χ4v) is 3.49. The normalized spacial score (nSPS) is 20.3. The Balaban J connectivity index is 2.19. The fourth-order valence-electron chi connectivity index (χ4n) is 3.49. The number of carboxylic acid groups (broad SMARTS) is 1. The van der Waals surface area contributed by atoms with Gasteiger partial charge in [0.25, 0.3) is 0 Å². The minimum absolute atomic E-state index is 0.0126. The Kier molecular flexibility index (Phi) is 6.00. The van der Waals surface area contributed by atoms with Crippen LogP contribution in [0.15, 0.2) is 24.3 Å². The molecule has 0 saturated carbocycles. The van der Waals surface area contributed by atoms with Gasteiger partial charge in [-0.25, -0.2) is 4.39 Å². The average molecular weight is 364 g/mol. The molecule has 0 bridgehead atoms. The Bertz CT molecular complexity index is 685. The molecule has 2 N–H and O–H groups in total. The number of nitrogens with one attached hydrogen (secondary N) is 1. The second-order valence-electron chi connectivity index (χ2n) is 6.82. The molecule has 0 aromatic heterocycles. The number of aliphatic carboxylic acids is 1. The Hall–Kier alpha value is -2.44. The van der Waals surface area contributed by atoms with E-state index in [1.807, 2.05) is 0 Å². The monoisotopic (exact) mass is 364 g/mol. The summed E-state index contributed by atoms with van der Waals surface area (Å²) < 4.78 is 13.2. The summed E-state index contributed by atoms with van der Waals surface area (Å²) in [5.74, 6) is -2.51. The van der Waals surface area contributed by atoms with Crippen LogP contribution in [0.25, 0.3) is 0 Å². The lowest BCUT2D eigenvalue weighted by molar-refractivity contribution is -0.149. The molecule has 2 amide bonds. The molecule has 0 radical (unpaired) electrons. The highest BCUT2D eigenvalue weighted by atomic mass is 19.1. The quantitative estimate of drug-likeness (QED) is 0.778. The Morgan fingerprint density at radius 2 is 1.85 bits per heavy atom. The van der Waals surface area contributed by atoms with Crippen molar-refractivity contribution in [3.8, 4) is 0 Å². The van der Waals surface area contributed by atoms with E-state index in [4.69, 9.17) is 0 Å². The topological polar surface area (TPSA) is 86.7 Å². The van der Waals surface area contributed by atoms with Gasteiger partial charge in [-0.1, -0.05) is 26.0 Å². The lowest BCUT2D eigenvalue weighted by Crippen LogP contribution is -2.44. The van der Waals surface area contributed by atoms with Gasteiger partial charge in [0, 0.05) is 20.0 Å². The van der Waals surface area contributed by atoms with Crippen molar-refractivity contribution >= 4 is 17.8 Å². The van der Waals surface area contributed by atoms with Crippen LogP contribution in [-0.4, -0.2) is 41.4 Å². The molecule has 7 heteroatoms. The molecule has 2 atom stereocenters. The van der Waals surface area contributed by atoms with Crippen LogP contribution in [0.4, 0.5) is 4.39 Å². The first-order chi connectivity index (χ1) is 12.3. The summed E-state index contributed by atoms with van der Waals surface area (Å²) in [6.07, 6.45) is 0.830. The van der Waals surface area contributed by atoms with Gasteiger partial charge in [0.05, 0.1) is 17.4 Å². The number of nitrogens with zero attached hydrogens (tertiary/aromatic N) is 1. The van der Waals surface area contributed by atoms with Gasteiger partial charge in [-0.15, -0.1) is 0 Å². The zero-order valence-corrected chi connectivity index (χ0v) is 15.3. The Morgan fingerprint density at radius 1 is 1.27 bits per heavy atom. The lowest BCUT2D eigenvalue weighted by atomic mass is 9.82. The molecule has 0 aliphatic carbocycles. The number of hydrogen-bond donors (Lipinski definition) is 2. The summed E-state index contributed by atoms with van der Waals surface area (Å²) in [6.45, 7) is 3.56. The van der Waals surface area contributed by atoms with Crippen LogP contribution in [-0.2, 0) is 14.4 Å². The predicted octanol–water partition coefficient (Wildman–Crippen LogP) is 2.35. The van der Waals surface area contributed by atoms with E-state index in [0.29, 0.717) is 18.4 Å². The first-order valence-corrected chi connectivity index (χ1v) is 8.78. The third-order valence-corrected chi connectivity index (χ3v) is 5.54. The van der Waals surface area contributed by atoms with Crippen molar-refractivity contribution in [1.82, 2.24) is 10.2 Å². The molecule has 1 heterocycles.